The molecule has 0 unspecified atom stereocenters. The van der Waals surface area contributed by atoms with Crippen molar-refractivity contribution in [3.05, 3.63) is 21.6 Å². The molecule has 0 radical (unpaired) electrons. The third kappa shape index (κ3) is 2.35. The second-order valence-electron chi connectivity index (χ2n) is 2.51. The average molecular weight is 222 g/mol. The summed E-state index contributed by atoms with van der Waals surface area (Å²) in [6.07, 6.45) is 1.50. The number of alkyl halides is 1. The van der Waals surface area contributed by atoms with Gasteiger partial charge < -0.3 is 4.90 Å². The van der Waals surface area contributed by atoms with Gasteiger partial charge >= 0.3 is 0 Å². The Morgan fingerprint density at radius 2 is 2.38 bits per heavy atom. The normalized spacial score (nSPS) is 10.1. The first-order chi connectivity index (χ1) is 6.16. The van der Waals surface area contributed by atoms with Crippen molar-refractivity contribution in [2.45, 2.75) is 0 Å². The van der Waals surface area contributed by atoms with Crippen LogP contribution in [0.2, 0.25) is 5.02 Å². The summed E-state index contributed by atoms with van der Waals surface area (Å²) in [4.78, 5) is 12.8. The third-order valence-electron chi connectivity index (χ3n) is 1.61. The van der Waals surface area contributed by atoms with Crippen molar-refractivity contribution < 1.29 is 0 Å². The summed E-state index contributed by atoms with van der Waals surface area (Å²) in [7, 11) is 1.80. The van der Waals surface area contributed by atoms with E-state index >= 15 is 0 Å². The number of aromatic nitrogens is 2. The van der Waals surface area contributed by atoms with E-state index in [1.807, 2.05) is 0 Å². The number of anilines is 1. The molecule has 72 valence electrons. The maximum absolute atomic E-state index is 11.0. The van der Waals surface area contributed by atoms with Crippen molar-refractivity contribution in [3.8, 4) is 0 Å². The number of aromatic amines is 1. The van der Waals surface area contributed by atoms with Gasteiger partial charge in [-0.3, -0.25) is 4.79 Å². The van der Waals surface area contributed by atoms with E-state index in [-0.39, 0.29) is 10.6 Å². The second-order valence-corrected chi connectivity index (χ2v) is 3.26. The molecule has 0 bridgehead atoms. The Morgan fingerprint density at radius 3 is 3.00 bits per heavy atom. The number of nitrogens with one attached hydrogen (secondary N) is 1. The molecule has 0 atom stereocenters. The van der Waals surface area contributed by atoms with Gasteiger partial charge in [0, 0.05) is 19.5 Å². The molecule has 1 aromatic rings. The topological polar surface area (TPSA) is 49.0 Å². The fourth-order valence-electron chi connectivity index (χ4n) is 0.887. The number of halogens is 2. The third-order valence-corrected chi connectivity index (χ3v) is 2.14. The summed E-state index contributed by atoms with van der Waals surface area (Å²) in [5.41, 5.74) is 0.201. The van der Waals surface area contributed by atoms with Crippen molar-refractivity contribution >= 4 is 28.9 Å². The molecule has 1 heterocycles. The van der Waals surface area contributed by atoms with E-state index in [4.69, 9.17) is 23.2 Å². The predicted octanol–water partition coefficient (Wildman–Crippen LogP) is 1.10. The monoisotopic (exact) mass is 221 g/mol. The van der Waals surface area contributed by atoms with Gasteiger partial charge in [-0.25, -0.2) is 5.10 Å². The quantitative estimate of drug-likeness (QED) is 0.779. The Kier molecular flexibility index (Phi) is 3.57. The summed E-state index contributed by atoms with van der Waals surface area (Å²) in [5.74, 6) is 0.472. The van der Waals surface area contributed by atoms with Crippen LogP contribution < -0.4 is 10.5 Å². The maximum atomic E-state index is 11.0. The SMILES string of the molecule is CN(CCCl)c1cn[nH]c(=O)c1Cl. The number of H-pyrrole nitrogens is 1. The molecule has 1 rings (SSSR count). The van der Waals surface area contributed by atoms with E-state index in [2.05, 4.69) is 10.2 Å². The highest BCUT2D eigenvalue weighted by atomic mass is 35.5. The Bertz CT molecular complexity index is 339. The van der Waals surface area contributed by atoms with Crippen LogP contribution in [0.25, 0.3) is 0 Å². The zero-order valence-corrected chi connectivity index (χ0v) is 8.56. The molecule has 13 heavy (non-hydrogen) atoms. The molecule has 0 saturated carbocycles. The molecule has 0 aliphatic carbocycles. The summed E-state index contributed by atoms with van der Waals surface area (Å²) in [6.45, 7) is 0.617. The number of hydrogen-bond acceptors (Lipinski definition) is 3. The number of rotatable bonds is 3. The highest BCUT2D eigenvalue weighted by molar-refractivity contribution is 6.33. The fraction of sp³-hybridized carbons (Fsp3) is 0.429. The fourth-order valence-corrected chi connectivity index (χ4v) is 1.38. The van der Waals surface area contributed by atoms with E-state index in [0.717, 1.165) is 0 Å². The molecule has 0 amide bonds. The van der Waals surface area contributed by atoms with Crippen molar-refractivity contribution in [2.24, 2.45) is 0 Å². The minimum atomic E-state index is -0.388. The van der Waals surface area contributed by atoms with Crippen LogP contribution in [0.5, 0.6) is 0 Å². The number of nitrogens with zero attached hydrogens (tertiary/aromatic N) is 2. The molecular formula is C7H9Cl2N3O. The van der Waals surface area contributed by atoms with Crippen LogP contribution in [0.3, 0.4) is 0 Å². The van der Waals surface area contributed by atoms with Gasteiger partial charge in [-0.05, 0) is 0 Å². The van der Waals surface area contributed by atoms with E-state index in [1.54, 1.807) is 11.9 Å². The number of hydrogen-bond donors (Lipinski definition) is 1. The summed E-state index contributed by atoms with van der Waals surface area (Å²) >= 11 is 11.3. The first-order valence-corrected chi connectivity index (χ1v) is 4.58. The van der Waals surface area contributed by atoms with Crippen molar-refractivity contribution in [3.63, 3.8) is 0 Å². The van der Waals surface area contributed by atoms with Crippen LogP contribution in [0.4, 0.5) is 5.69 Å². The second kappa shape index (κ2) is 4.48. The van der Waals surface area contributed by atoms with Gasteiger partial charge in [-0.2, -0.15) is 5.10 Å². The van der Waals surface area contributed by atoms with Gasteiger partial charge in [-0.1, -0.05) is 11.6 Å². The largest absolute Gasteiger partial charge is 0.371 e. The Balaban J connectivity index is 3.00. The molecule has 4 nitrogen and oxygen atoms in total. The Labute approximate surface area is 85.5 Å². The van der Waals surface area contributed by atoms with Crippen LogP contribution >= 0.6 is 23.2 Å². The van der Waals surface area contributed by atoms with Crippen LogP contribution in [0, 0.1) is 0 Å². The van der Waals surface area contributed by atoms with Gasteiger partial charge in [-0.15, -0.1) is 11.6 Å². The molecule has 0 aliphatic rings. The highest BCUT2D eigenvalue weighted by Gasteiger charge is 2.08. The minimum Gasteiger partial charge on any atom is -0.371 e. The van der Waals surface area contributed by atoms with Crippen molar-refractivity contribution in [1.29, 1.82) is 0 Å². The molecule has 0 fully saturated rings. The smallest absolute Gasteiger partial charge is 0.285 e. The molecule has 1 aromatic heterocycles. The lowest BCUT2D eigenvalue weighted by molar-refractivity contribution is 0.926. The van der Waals surface area contributed by atoms with E-state index in [1.165, 1.54) is 6.20 Å². The molecule has 1 N–H and O–H groups in total. The summed E-state index contributed by atoms with van der Waals surface area (Å²) < 4.78 is 0. The van der Waals surface area contributed by atoms with Crippen molar-refractivity contribution in [2.75, 3.05) is 24.4 Å². The van der Waals surface area contributed by atoms with Gasteiger partial charge in [0.1, 0.15) is 5.02 Å². The zero-order chi connectivity index (χ0) is 9.84. The molecule has 0 saturated heterocycles. The molecule has 6 heteroatoms. The lowest BCUT2D eigenvalue weighted by Gasteiger charge is -2.17. The highest BCUT2D eigenvalue weighted by Crippen LogP contribution is 2.18. The van der Waals surface area contributed by atoms with Gasteiger partial charge in [0.2, 0.25) is 0 Å². The Hall–Kier alpha value is -0.740. The first kappa shape index (κ1) is 10.3. The first-order valence-electron chi connectivity index (χ1n) is 3.67. The lowest BCUT2D eigenvalue weighted by atomic mass is 10.4. The molecule has 0 aliphatic heterocycles. The molecule has 0 aromatic carbocycles. The summed E-state index contributed by atoms with van der Waals surface area (Å²) in [5, 5.41) is 6.02. The van der Waals surface area contributed by atoms with E-state index < -0.39 is 0 Å². The van der Waals surface area contributed by atoms with Crippen LogP contribution in [0.1, 0.15) is 0 Å². The summed E-state index contributed by atoms with van der Waals surface area (Å²) in [6, 6.07) is 0. The zero-order valence-electron chi connectivity index (χ0n) is 7.05. The van der Waals surface area contributed by atoms with Gasteiger partial charge in [0.15, 0.2) is 0 Å². The maximum Gasteiger partial charge on any atom is 0.285 e. The van der Waals surface area contributed by atoms with Gasteiger partial charge in [0.25, 0.3) is 5.56 Å². The molecule has 0 spiro atoms. The predicted molar refractivity (Wildman–Crippen MR) is 53.9 cm³/mol. The minimum absolute atomic E-state index is 0.141. The van der Waals surface area contributed by atoms with Crippen LogP contribution in [0.15, 0.2) is 11.0 Å². The van der Waals surface area contributed by atoms with Crippen molar-refractivity contribution in [1.82, 2.24) is 10.2 Å². The molecular weight excluding hydrogens is 213 g/mol. The Morgan fingerprint density at radius 1 is 1.69 bits per heavy atom. The average Bonchev–Trinajstić information content (AvgIpc) is 2.10. The van der Waals surface area contributed by atoms with E-state index in [9.17, 15) is 4.79 Å². The van der Waals surface area contributed by atoms with Crippen LogP contribution in [-0.4, -0.2) is 29.7 Å². The van der Waals surface area contributed by atoms with E-state index in [0.29, 0.717) is 18.1 Å². The lowest BCUT2D eigenvalue weighted by Crippen LogP contribution is -2.23. The standard InChI is InChI=1S/C7H9Cl2N3O/c1-12(3-2-8)5-4-10-11-7(13)6(5)9/h4H,2-3H2,1H3,(H,11,13). The van der Waals surface area contributed by atoms with Gasteiger partial charge in [0.05, 0.1) is 11.9 Å². The van der Waals surface area contributed by atoms with Crippen LogP contribution in [-0.2, 0) is 0 Å².